The summed E-state index contributed by atoms with van der Waals surface area (Å²) in [6.07, 6.45) is 0. The van der Waals surface area contributed by atoms with Crippen molar-refractivity contribution in [3.63, 3.8) is 0 Å². The second kappa shape index (κ2) is 5.30. The van der Waals surface area contributed by atoms with E-state index in [0.717, 1.165) is 27.9 Å². The van der Waals surface area contributed by atoms with Gasteiger partial charge in [-0.25, -0.2) is 4.98 Å². The molecule has 5 nitrogen and oxygen atoms in total. The highest BCUT2D eigenvalue weighted by Crippen LogP contribution is 2.40. The molecule has 1 atom stereocenters. The standard InChI is InChI=1S/C14H17N3O2S/c1-8(15-2)13-12(17-14(16-3)20-13)9-4-5-10-11(6-9)19-7-18-10/h4-6,8,15H,7H2,1-3H3,(H,16,17). The molecule has 2 aromatic rings. The Morgan fingerprint density at radius 3 is 2.80 bits per heavy atom. The van der Waals surface area contributed by atoms with Gasteiger partial charge in [0, 0.05) is 18.7 Å². The maximum atomic E-state index is 5.44. The Morgan fingerprint density at radius 2 is 2.05 bits per heavy atom. The Balaban J connectivity index is 2.06. The van der Waals surface area contributed by atoms with Crippen molar-refractivity contribution in [2.75, 3.05) is 26.2 Å². The number of hydrogen-bond donors (Lipinski definition) is 2. The number of nitrogens with one attached hydrogen (secondary N) is 2. The van der Waals surface area contributed by atoms with Crippen LogP contribution < -0.4 is 20.1 Å². The van der Waals surface area contributed by atoms with Crippen molar-refractivity contribution in [3.05, 3.63) is 23.1 Å². The van der Waals surface area contributed by atoms with Gasteiger partial charge in [-0.15, -0.1) is 0 Å². The van der Waals surface area contributed by atoms with Crippen LogP contribution in [0.3, 0.4) is 0 Å². The van der Waals surface area contributed by atoms with Crippen LogP contribution in [0.1, 0.15) is 17.8 Å². The molecule has 0 fully saturated rings. The summed E-state index contributed by atoms with van der Waals surface area (Å²) in [5.41, 5.74) is 2.03. The van der Waals surface area contributed by atoms with Crippen molar-refractivity contribution in [3.8, 4) is 22.8 Å². The molecular weight excluding hydrogens is 274 g/mol. The van der Waals surface area contributed by atoms with E-state index in [-0.39, 0.29) is 12.8 Å². The first-order valence-electron chi connectivity index (χ1n) is 6.48. The van der Waals surface area contributed by atoms with Crippen LogP contribution in [-0.2, 0) is 0 Å². The van der Waals surface area contributed by atoms with E-state index in [1.165, 1.54) is 4.88 Å². The average molecular weight is 291 g/mol. The van der Waals surface area contributed by atoms with Crippen LogP contribution in [0, 0.1) is 0 Å². The van der Waals surface area contributed by atoms with Gasteiger partial charge in [0.05, 0.1) is 10.6 Å². The first-order chi connectivity index (χ1) is 9.72. The fourth-order valence-corrected chi connectivity index (χ4v) is 3.12. The molecule has 0 amide bonds. The van der Waals surface area contributed by atoms with E-state index in [9.17, 15) is 0 Å². The van der Waals surface area contributed by atoms with Crippen molar-refractivity contribution in [1.82, 2.24) is 10.3 Å². The van der Waals surface area contributed by atoms with Crippen molar-refractivity contribution in [2.45, 2.75) is 13.0 Å². The summed E-state index contributed by atoms with van der Waals surface area (Å²) in [6, 6.07) is 6.19. The molecule has 0 saturated carbocycles. The van der Waals surface area contributed by atoms with Gasteiger partial charge in [0.2, 0.25) is 6.79 Å². The predicted molar refractivity (Wildman–Crippen MR) is 80.7 cm³/mol. The van der Waals surface area contributed by atoms with Crippen LogP contribution in [0.2, 0.25) is 0 Å². The van der Waals surface area contributed by atoms with E-state index >= 15 is 0 Å². The zero-order valence-corrected chi connectivity index (χ0v) is 12.5. The monoisotopic (exact) mass is 291 g/mol. The van der Waals surface area contributed by atoms with Crippen LogP contribution in [0.25, 0.3) is 11.3 Å². The molecule has 1 aromatic carbocycles. The summed E-state index contributed by atoms with van der Waals surface area (Å²) in [5, 5.41) is 7.29. The van der Waals surface area contributed by atoms with E-state index in [4.69, 9.17) is 9.47 Å². The van der Waals surface area contributed by atoms with Crippen molar-refractivity contribution in [2.24, 2.45) is 0 Å². The highest BCUT2D eigenvalue weighted by molar-refractivity contribution is 7.16. The Morgan fingerprint density at radius 1 is 1.25 bits per heavy atom. The molecule has 0 bridgehead atoms. The normalized spacial score (nSPS) is 14.3. The lowest BCUT2D eigenvalue weighted by Gasteiger charge is -2.10. The maximum Gasteiger partial charge on any atom is 0.231 e. The fourth-order valence-electron chi connectivity index (χ4n) is 2.11. The minimum absolute atomic E-state index is 0.245. The van der Waals surface area contributed by atoms with Gasteiger partial charge < -0.3 is 20.1 Å². The van der Waals surface area contributed by atoms with Crippen molar-refractivity contribution < 1.29 is 9.47 Å². The molecular formula is C14H17N3O2S. The Labute approximate surface area is 121 Å². The van der Waals surface area contributed by atoms with E-state index < -0.39 is 0 Å². The van der Waals surface area contributed by atoms with Crippen LogP contribution in [0.4, 0.5) is 5.13 Å². The second-order valence-electron chi connectivity index (χ2n) is 4.56. The molecule has 2 heterocycles. The molecule has 0 radical (unpaired) electrons. The van der Waals surface area contributed by atoms with Crippen LogP contribution in [0.5, 0.6) is 11.5 Å². The maximum absolute atomic E-state index is 5.44. The molecule has 0 spiro atoms. The van der Waals surface area contributed by atoms with Gasteiger partial charge >= 0.3 is 0 Å². The van der Waals surface area contributed by atoms with Gasteiger partial charge in [-0.2, -0.15) is 0 Å². The number of hydrogen-bond acceptors (Lipinski definition) is 6. The third-order valence-electron chi connectivity index (χ3n) is 3.34. The van der Waals surface area contributed by atoms with Crippen LogP contribution >= 0.6 is 11.3 Å². The number of fused-ring (bicyclic) bond motifs is 1. The molecule has 2 N–H and O–H groups in total. The quantitative estimate of drug-likeness (QED) is 0.907. The predicted octanol–water partition coefficient (Wildman–Crippen LogP) is 2.86. The van der Waals surface area contributed by atoms with Crippen LogP contribution in [-0.4, -0.2) is 25.9 Å². The van der Waals surface area contributed by atoms with Gasteiger partial charge in [0.15, 0.2) is 16.6 Å². The molecule has 1 aromatic heterocycles. The lowest BCUT2D eigenvalue weighted by atomic mass is 10.1. The largest absolute Gasteiger partial charge is 0.454 e. The summed E-state index contributed by atoms with van der Waals surface area (Å²) < 4.78 is 10.8. The third-order valence-corrected chi connectivity index (χ3v) is 4.60. The Bertz CT molecular complexity index is 627. The fraction of sp³-hybridized carbons (Fsp3) is 0.357. The molecule has 1 aliphatic rings. The van der Waals surface area contributed by atoms with Crippen LogP contribution in [0.15, 0.2) is 18.2 Å². The summed E-state index contributed by atoms with van der Waals surface area (Å²) >= 11 is 1.66. The second-order valence-corrected chi connectivity index (χ2v) is 5.59. The summed E-state index contributed by atoms with van der Waals surface area (Å²) in [7, 11) is 3.84. The number of anilines is 1. The Hall–Kier alpha value is -1.79. The Kier molecular flexibility index (Phi) is 3.50. The van der Waals surface area contributed by atoms with E-state index in [2.05, 4.69) is 22.5 Å². The highest BCUT2D eigenvalue weighted by Gasteiger charge is 2.20. The minimum Gasteiger partial charge on any atom is -0.454 e. The molecule has 0 saturated heterocycles. The van der Waals surface area contributed by atoms with E-state index in [1.807, 2.05) is 32.3 Å². The van der Waals surface area contributed by atoms with Gasteiger partial charge in [-0.05, 0) is 32.2 Å². The molecule has 1 unspecified atom stereocenters. The molecule has 1 aliphatic heterocycles. The molecule has 3 rings (SSSR count). The topological polar surface area (TPSA) is 55.4 Å². The summed E-state index contributed by atoms with van der Waals surface area (Å²) in [6.45, 7) is 2.42. The SMILES string of the molecule is CNc1nc(-c2ccc3c(c2)OCO3)c(C(C)NC)s1. The average Bonchev–Trinajstić information content (AvgIpc) is 3.11. The van der Waals surface area contributed by atoms with E-state index in [1.54, 1.807) is 11.3 Å². The lowest BCUT2D eigenvalue weighted by Crippen LogP contribution is -2.11. The highest BCUT2D eigenvalue weighted by atomic mass is 32.1. The number of benzene rings is 1. The van der Waals surface area contributed by atoms with Gasteiger partial charge in [-0.3, -0.25) is 0 Å². The number of nitrogens with zero attached hydrogens (tertiary/aromatic N) is 1. The van der Waals surface area contributed by atoms with E-state index in [0.29, 0.717) is 0 Å². The number of thiazole rings is 1. The van der Waals surface area contributed by atoms with Gasteiger partial charge in [0.25, 0.3) is 0 Å². The molecule has 0 aliphatic carbocycles. The summed E-state index contributed by atoms with van der Waals surface area (Å²) in [4.78, 5) is 5.87. The number of ether oxygens (including phenoxy) is 2. The van der Waals surface area contributed by atoms with Gasteiger partial charge in [0.1, 0.15) is 0 Å². The number of rotatable bonds is 4. The molecule has 20 heavy (non-hydrogen) atoms. The minimum atomic E-state index is 0.245. The number of aromatic nitrogens is 1. The first kappa shape index (κ1) is 13.2. The van der Waals surface area contributed by atoms with Crippen molar-refractivity contribution >= 4 is 16.5 Å². The first-order valence-corrected chi connectivity index (χ1v) is 7.30. The third kappa shape index (κ3) is 2.21. The summed E-state index contributed by atoms with van der Waals surface area (Å²) in [5.74, 6) is 1.57. The lowest BCUT2D eigenvalue weighted by molar-refractivity contribution is 0.174. The van der Waals surface area contributed by atoms with Gasteiger partial charge in [-0.1, -0.05) is 11.3 Å². The molecule has 106 valence electrons. The smallest absolute Gasteiger partial charge is 0.231 e. The van der Waals surface area contributed by atoms with Crippen molar-refractivity contribution in [1.29, 1.82) is 0 Å². The zero-order valence-electron chi connectivity index (χ0n) is 11.7. The molecule has 6 heteroatoms. The zero-order chi connectivity index (χ0) is 14.1.